The fourth-order valence-electron chi connectivity index (χ4n) is 3.74. The standard InChI is InChI=1S/C20H30N4O2.ClH/c1-15(22-20(26)16-7-9-21-10-8-16)13-19(25)23-17-5-4-6-18(14-17)24-11-2-3-12-24;/h4-6,14-16,21H,2-3,7-13H2,1H3,(H,22,26)(H,23,25);1H. The number of benzene rings is 1. The highest BCUT2D eigenvalue weighted by Gasteiger charge is 2.22. The van der Waals surface area contributed by atoms with Crippen molar-refractivity contribution in [3.8, 4) is 0 Å². The Bertz CT molecular complexity index is 628. The Hall–Kier alpha value is -1.79. The Kier molecular flexibility index (Phi) is 8.38. The summed E-state index contributed by atoms with van der Waals surface area (Å²) in [7, 11) is 0. The van der Waals surface area contributed by atoms with Gasteiger partial charge in [-0.1, -0.05) is 6.07 Å². The van der Waals surface area contributed by atoms with Crippen LogP contribution in [0.25, 0.3) is 0 Å². The van der Waals surface area contributed by atoms with Crippen LogP contribution >= 0.6 is 12.4 Å². The van der Waals surface area contributed by atoms with Crippen molar-refractivity contribution in [2.24, 2.45) is 5.92 Å². The number of anilines is 2. The summed E-state index contributed by atoms with van der Waals surface area (Å²) in [6.07, 6.45) is 4.47. The summed E-state index contributed by atoms with van der Waals surface area (Å²) in [4.78, 5) is 26.9. The highest BCUT2D eigenvalue weighted by Crippen LogP contribution is 2.23. The van der Waals surface area contributed by atoms with E-state index in [-0.39, 0.29) is 42.6 Å². The maximum absolute atomic E-state index is 12.3. The van der Waals surface area contributed by atoms with Gasteiger partial charge in [-0.3, -0.25) is 9.59 Å². The van der Waals surface area contributed by atoms with Crippen LogP contribution in [0.1, 0.15) is 39.0 Å². The first-order valence-electron chi connectivity index (χ1n) is 9.78. The van der Waals surface area contributed by atoms with Gasteiger partial charge in [0.05, 0.1) is 0 Å². The van der Waals surface area contributed by atoms with Crippen molar-refractivity contribution in [1.82, 2.24) is 10.6 Å². The van der Waals surface area contributed by atoms with Crippen LogP contribution in [0.5, 0.6) is 0 Å². The number of carbonyl (C=O) groups is 2. The molecule has 6 nitrogen and oxygen atoms in total. The third-order valence-electron chi connectivity index (χ3n) is 5.19. The van der Waals surface area contributed by atoms with E-state index in [0.29, 0.717) is 0 Å². The maximum atomic E-state index is 12.3. The highest BCUT2D eigenvalue weighted by molar-refractivity contribution is 5.92. The molecule has 2 heterocycles. The molecule has 0 bridgehead atoms. The first-order valence-corrected chi connectivity index (χ1v) is 9.78. The second kappa shape index (κ2) is 10.5. The van der Waals surface area contributed by atoms with Gasteiger partial charge in [-0.05, 0) is 63.9 Å². The molecule has 2 saturated heterocycles. The number of rotatable bonds is 6. The van der Waals surface area contributed by atoms with Gasteiger partial charge in [-0.25, -0.2) is 0 Å². The van der Waals surface area contributed by atoms with E-state index in [1.165, 1.54) is 12.8 Å². The minimum absolute atomic E-state index is 0. The predicted molar refractivity (Wildman–Crippen MR) is 112 cm³/mol. The molecule has 2 aliphatic rings. The average molecular weight is 395 g/mol. The molecule has 2 aliphatic heterocycles. The minimum atomic E-state index is -0.167. The van der Waals surface area contributed by atoms with Crippen LogP contribution in [0, 0.1) is 5.92 Å². The molecule has 0 aromatic heterocycles. The molecular weight excluding hydrogens is 364 g/mol. The molecule has 2 amide bonds. The fraction of sp³-hybridized carbons (Fsp3) is 0.600. The zero-order valence-corrected chi connectivity index (χ0v) is 16.8. The highest BCUT2D eigenvalue weighted by atomic mass is 35.5. The number of carbonyl (C=O) groups excluding carboxylic acids is 2. The lowest BCUT2D eigenvalue weighted by Crippen LogP contribution is -2.42. The van der Waals surface area contributed by atoms with Gasteiger partial charge in [-0.15, -0.1) is 12.4 Å². The quantitative estimate of drug-likeness (QED) is 0.693. The van der Waals surface area contributed by atoms with E-state index in [2.05, 4.69) is 26.9 Å². The summed E-state index contributed by atoms with van der Waals surface area (Å²) < 4.78 is 0. The van der Waals surface area contributed by atoms with E-state index in [4.69, 9.17) is 0 Å². The Morgan fingerprint density at radius 2 is 1.93 bits per heavy atom. The van der Waals surface area contributed by atoms with Gasteiger partial charge in [0.1, 0.15) is 0 Å². The summed E-state index contributed by atoms with van der Waals surface area (Å²) in [6.45, 7) is 5.83. The van der Waals surface area contributed by atoms with Crippen molar-refractivity contribution < 1.29 is 9.59 Å². The number of hydrogen-bond donors (Lipinski definition) is 3. The number of piperidine rings is 1. The fourth-order valence-corrected chi connectivity index (χ4v) is 3.74. The molecule has 7 heteroatoms. The Balaban J connectivity index is 0.00000261. The van der Waals surface area contributed by atoms with Gasteiger partial charge in [0.25, 0.3) is 0 Å². The van der Waals surface area contributed by atoms with Crippen LogP contribution < -0.4 is 20.9 Å². The van der Waals surface area contributed by atoms with Crippen LogP contribution in [0.3, 0.4) is 0 Å². The van der Waals surface area contributed by atoms with E-state index in [1.807, 2.05) is 25.1 Å². The molecule has 0 spiro atoms. The largest absolute Gasteiger partial charge is 0.371 e. The van der Waals surface area contributed by atoms with Crippen molar-refractivity contribution in [3.63, 3.8) is 0 Å². The van der Waals surface area contributed by atoms with Gasteiger partial charge >= 0.3 is 0 Å². The maximum Gasteiger partial charge on any atom is 0.226 e. The number of amides is 2. The topological polar surface area (TPSA) is 73.5 Å². The average Bonchev–Trinajstić information content (AvgIpc) is 3.17. The molecule has 150 valence electrons. The number of hydrogen-bond acceptors (Lipinski definition) is 4. The van der Waals surface area contributed by atoms with Crippen LogP contribution in [0.15, 0.2) is 24.3 Å². The smallest absolute Gasteiger partial charge is 0.226 e. The van der Waals surface area contributed by atoms with Crippen molar-refractivity contribution in [1.29, 1.82) is 0 Å². The van der Waals surface area contributed by atoms with Crippen molar-refractivity contribution in [2.45, 2.75) is 45.1 Å². The van der Waals surface area contributed by atoms with Gasteiger partial charge in [0.2, 0.25) is 11.8 Å². The lowest BCUT2D eigenvalue weighted by molar-refractivity contribution is -0.126. The van der Waals surface area contributed by atoms with Crippen LogP contribution in [0.4, 0.5) is 11.4 Å². The first-order chi connectivity index (χ1) is 12.6. The number of halogens is 1. The predicted octanol–water partition coefficient (Wildman–Crippen LogP) is 2.54. The minimum Gasteiger partial charge on any atom is -0.371 e. The molecule has 1 atom stereocenters. The summed E-state index contributed by atoms with van der Waals surface area (Å²) in [5.74, 6) is 0.0726. The molecule has 1 aromatic carbocycles. The summed E-state index contributed by atoms with van der Waals surface area (Å²) in [5, 5.41) is 9.21. The lowest BCUT2D eigenvalue weighted by atomic mass is 9.97. The van der Waals surface area contributed by atoms with E-state index < -0.39 is 0 Å². The molecule has 3 rings (SSSR count). The van der Waals surface area contributed by atoms with Gasteiger partial charge < -0.3 is 20.9 Å². The van der Waals surface area contributed by atoms with Gasteiger partial charge in [0, 0.05) is 42.8 Å². The monoisotopic (exact) mass is 394 g/mol. The van der Waals surface area contributed by atoms with E-state index in [0.717, 1.165) is 50.4 Å². The third kappa shape index (κ3) is 6.40. The molecule has 3 N–H and O–H groups in total. The Morgan fingerprint density at radius 1 is 1.22 bits per heavy atom. The normalized spacial score (nSPS) is 18.5. The zero-order chi connectivity index (χ0) is 18.4. The number of nitrogens with one attached hydrogen (secondary N) is 3. The van der Waals surface area contributed by atoms with E-state index in [9.17, 15) is 9.59 Å². The molecule has 0 aliphatic carbocycles. The molecule has 27 heavy (non-hydrogen) atoms. The van der Waals surface area contributed by atoms with Crippen LogP contribution in [-0.4, -0.2) is 44.0 Å². The zero-order valence-electron chi connectivity index (χ0n) is 16.0. The molecular formula is C20H31ClN4O2. The summed E-state index contributed by atoms with van der Waals surface area (Å²) in [5.41, 5.74) is 1.98. The van der Waals surface area contributed by atoms with E-state index in [1.54, 1.807) is 0 Å². The second-order valence-electron chi connectivity index (χ2n) is 7.43. The SMILES string of the molecule is CC(CC(=O)Nc1cccc(N2CCCC2)c1)NC(=O)C1CCNCC1.Cl. The van der Waals surface area contributed by atoms with Crippen molar-refractivity contribution in [3.05, 3.63) is 24.3 Å². The first kappa shape index (κ1) is 21.5. The van der Waals surface area contributed by atoms with Gasteiger partial charge in [0.15, 0.2) is 0 Å². The molecule has 0 radical (unpaired) electrons. The second-order valence-corrected chi connectivity index (χ2v) is 7.43. The van der Waals surface area contributed by atoms with Crippen LogP contribution in [-0.2, 0) is 9.59 Å². The van der Waals surface area contributed by atoms with Crippen molar-refractivity contribution in [2.75, 3.05) is 36.4 Å². The number of nitrogens with zero attached hydrogens (tertiary/aromatic N) is 1. The van der Waals surface area contributed by atoms with Crippen LogP contribution in [0.2, 0.25) is 0 Å². The van der Waals surface area contributed by atoms with E-state index >= 15 is 0 Å². The molecule has 1 aromatic rings. The molecule has 1 unspecified atom stereocenters. The lowest BCUT2D eigenvalue weighted by Gasteiger charge is -2.24. The third-order valence-corrected chi connectivity index (χ3v) is 5.19. The Morgan fingerprint density at radius 3 is 2.63 bits per heavy atom. The summed E-state index contributed by atoms with van der Waals surface area (Å²) >= 11 is 0. The molecule has 2 fully saturated rings. The summed E-state index contributed by atoms with van der Waals surface area (Å²) in [6, 6.07) is 7.84. The Labute approximate surface area is 167 Å². The van der Waals surface area contributed by atoms with Gasteiger partial charge in [-0.2, -0.15) is 0 Å². The van der Waals surface area contributed by atoms with Crippen molar-refractivity contribution >= 4 is 35.6 Å². The molecule has 0 saturated carbocycles.